The van der Waals surface area contributed by atoms with Gasteiger partial charge in [-0.05, 0) is 44.4 Å². The van der Waals surface area contributed by atoms with Crippen LogP contribution in [0, 0.1) is 6.92 Å². The molecule has 0 unspecified atom stereocenters. The van der Waals surface area contributed by atoms with Crippen LogP contribution < -0.4 is 5.32 Å². The molecular weight excluding hydrogens is 394 g/mol. The first-order valence-corrected chi connectivity index (χ1v) is 11.4. The van der Waals surface area contributed by atoms with E-state index in [0.29, 0.717) is 12.3 Å². The molecule has 2 amide bonds. The largest absolute Gasteiger partial charge is 0.341 e. The average molecular weight is 422 g/mol. The third-order valence-corrected chi connectivity index (χ3v) is 6.50. The lowest BCUT2D eigenvalue weighted by Gasteiger charge is -2.27. The molecule has 1 aliphatic heterocycles. The van der Waals surface area contributed by atoms with E-state index >= 15 is 0 Å². The second-order valence-electron chi connectivity index (χ2n) is 7.78. The summed E-state index contributed by atoms with van der Waals surface area (Å²) >= 11 is 1.51. The maximum atomic E-state index is 12.7. The Hall–Kier alpha value is -2.73. The molecule has 2 heterocycles. The number of amides is 2. The van der Waals surface area contributed by atoms with Crippen molar-refractivity contribution in [3.05, 3.63) is 60.3 Å². The zero-order valence-electron chi connectivity index (χ0n) is 17.3. The van der Waals surface area contributed by atoms with Crippen LogP contribution in [0.4, 0.5) is 5.69 Å². The first-order chi connectivity index (χ1) is 14.6. The lowest BCUT2D eigenvalue weighted by Crippen LogP contribution is -2.37. The number of aromatic nitrogens is 1. The van der Waals surface area contributed by atoms with Gasteiger partial charge in [-0.15, -0.1) is 11.8 Å². The Morgan fingerprint density at radius 1 is 1.00 bits per heavy atom. The first-order valence-electron chi connectivity index (χ1n) is 10.4. The van der Waals surface area contributed by atoms with E-state index in [4.69, 9.17) is 0 Å². The number of likely N-dealkylation sites (tertiary alicyclic amines) is 1. The molecule has 1 aliphatic rings. The van der Waals surface area contributed by atoms with E-state index in [0.717, 1.165) is 53.0 Å². The molecule has 0 bridgehead atoms. The van der Waals surface area contributed by atoms with E-state index in [1.807, 2.05) is 65.1 Å². The van der Waals surface area contributed by atoms with Gasteiger partial charge in [0.05, 0.1) is 5.75 Å². The second kappa shape index (κ2) is 9.39. The highest BCUT2D eigenvalue weighted by Crippen LogP contribution is 2.30. The van der Waals surface area contributed by atoms with Gasteiger partial charge in [-0.25, -0.2) is 0 Å². The molecule has 1 fully saturated rings. The van der Waals surface area contributed by atoms with Crippen LogP contribution in [0.15, 0.2) is 59.6 Å². The zero-order chi connectivity index (χ0) is 20.9. The molecule has 1 aromatic heterocycles. The van der Waals surface area contributed by atoms with Crippen molar-refractivity contribution in [2.24, 2.45) is 0 Å². The van der Waals surface area contributed by atoms with Crippen LogP contribution in [0.25, 0.3) is 10.9 Å². The molecule has 1 N–H and O–H groups in total. The topological polar surface area (TPSA) is 54.3 Å². The number of para-hydroxylation sites is 1. The second-order valence-corrected chi connectivity index (χ2v) is 8.80. The van der Waals surface area contributed by atoms with Crippen molar-refractivity contribution in [3.8, 4) is 0 Å². The highest BCUT2D eigenvalue weighted by molar-refractivity contribution is 8.00. The predicted octanol–water partition coefficient (Wildman–Crippen LogP) is 4.69. The van der Waals surface area contributed by atoms with Gasteiger partial charge in [0.15, 0.2) is 0 Å². The number of hydrogen-bond acceptors (Lipinski definition) is 3. The summed E-state index contributed by atoms with van der Waals surface area (Å²) in [7, 11) is 0. The summed E-state index contributed by atoms with van der Waals surface area (Å²) in [6, 6.07) is 15.9. The summed E-state index contributed by atoms with van der Waals surface area (Å²) < 4.78 is 2.02. The molecule has 6 heteroatoms. The minimum atomic E-state index is -0.0370. The van der Waals surface area contributed by atoms with Crippen molar-refractivity contribution >= 4 is 40.2 Å². The zero-order valence-corrected chi connectivity index (χ0v) is 18.1. The maximum absolute atomic E-state index is 12.7. The minimum Gasteiger partial charge on any atom is -0.341 e. The number of thioether (sulfide) groups is 1. The Kier molecular flexibility index (Phi) is 6.43. The monoisotopic (exact) mass is 421 g/mol. The van der Waals surface area contributed by atoms with Gasteiger partial charge < -0.3 is 14.8 Å². The van der Waals surface area contributed by atoms with Crippen LogP contribution in [0.2, 0.25) is 0 Å². The Morgan fingerprint density at radius 2 is 1.73 bits per heavy atom. The number of aryl methyl sites for hydroxylation is 1. The molecular formula is C24H27N3O2S. The van der Waals surface area contributed by atoms with Gasteiger partial charge in [0.2, 0.25) is 11.8 Å². The van der Waals surface area contributed by atoms with E-state index in [9.17, 15) is 9.59 Å². The van der Waals surface area contributed by atoms with E-state index < -0.39 is 0 Å². The Balaban J connectivity index is 1.44. The molecule has 5 nitrogen and oxygen atoms in total. The number of fused-ring (bicyclic) bond motifs is 1. The summed E-state index contributed by atoms with van der Waals surface area (Å²) in [5.41, 5.74) is 3.00. The van der Waals surface area contributed by atoms with Crippen LogP contribution >= 0.6 is 11.8 Å². The van der Waals surface area contributed by atoms with Gasteiger partial charge in [0.1, 0.15) is 6.54 Å². The number of rotatable bonds is 6. The highest BCUT2D eigenvalue weighted by Gasteiger charge is 2.18. The highest BCUT2D eigenvalue weighted by atomic mass is 32.2. The van der Waals surface area contributed by atoms with Crippen molar-refractivity contribution in [1.29, 1.82) is 0 Å². The van der Waals surface area contributed by atoms with Crippen molar-refractivity contribution in [1.82, 2.24) is 9.47 Å². The minimum absolute atomic E-state index is 0.0370. The average Bonchev–Trinajstić information content (AvgIpc) is 3.12. The molecule has 0 radical (unpaired) electrons. The van der Waals surface area contributed by atoms with Crippen molar-refractivity contribution in [2.75, 3.05) is 24.2 Å². The predicted molar refractivity (Wildman–Crippen MR) is 123 cm³/mol. The SMILES string of the molecule is Cc1ccc(NC(=O)CSc2cn(CC(=O)N3CCCCC3)c3ccccc23)cc1. The van der Waals surface area contributed by atoms with Crippen molar-refractivity contribution < 1.29 is 9.59 Å². The molecule has 0 atom stereocenters. The van der Waals surface area contributed by atoms with Crippen molar-refractivity contribution in [2.45, 2.75) is 37.6 Å². The molecule has 0 saturated carbocycles. The summed E-state index contributed by atoms with van der Waals surface area (Å²) in [5, 5.41) is 4.02. The number of hydrogen-bond donors (Lipinski definition) is 1. The summed E-state index contributed by atoms with van der Waals surface area (Å²) in [6.45, 7) is 4.08. The first kappa shape index (κ1) is 20.5. The quantitative estimate of drug-likeness (QED) is 0.588. The molecule has 1 saturated heterocycles. The molecule has 156 valence electrons. The van der Waals surface area contributed by atoms with E-state index in [2.05, 4.69) is 11.4 Å². The lowest BCUT2D eigenvalue weighted by atomic mass is 10.1. The number of anilines is 1. The smallest absolute Gasteiger partial charge is 0.242 e. The van der Waals surface area contributed by atoms with Gasteiger partial charge in [-0.3, -0.25) is 9.59 Å². The van der Waals surface area contributed by atoms with Gasteiger partial charge in [0.25, 0.3) is 0 Å². The third kappa shape index (κ3) is 4.87. The molecule has 30 heavy (non-hydrogen) atoms. The van der Waals surface area contributed by atoms with Crippen LogP contribution in [0.5, 0.6) is 0 Å². The maximum Gasteiger partial charge on any atom is 0.242 e. The van der Waals surface area contributed by atoms with Crippen LogP contribution in [0.1, 0.15) is 24.8 Å². The summed E-state index contributed by atoms with van der Waals surface area (Å²) in [5.74, 6) is 0.455. The molecule has 0 spiro atoms. The van der Waals surface area contributed by atoms with E-state index in [-0.39, 0.29) is 11.8 Å². The Morgan fingerprint density at radius 3 is 2.50 bits per heavy atom. The third-order valence-electron chi connectivity index (χ3n) is 5.46. The Bertz CT molecular complexity index is 1040. The van der Waals surface area contributed by atoms with Gasteiger partial charge in [-0.2, -0.15) is 0 Å². The molecule has 4 rings (SSSR count). The lowest BCUT2D eigenvalue weighted by molar-refractivity contribution is -0.132. The van der Waals surface area contributed by atoms with Gasteiger partial charge in [0, 0.05) is 40.8 Å². The van der Waals surface area contributed by atoms with Crippen molar-refractivity contribution in [3.63, 3.8) is 0 Å². The number of carbonyl (C=O) groups excluding carboxylic acids is 2. The summed E-state index contributed by atoms with van der Waals surface area (Å²) in [6.07, 6.45) is 5.41. The number of nitrogens with one attached hydrogen (secondary N) is 1. The molecule has 2 aromatic carbocycles. The number of nitrogens with zero attached hydrogens (tertiary/aromatic N) is 2. The number of benzene rings is 2. The van der Waals surface area contributed by atoms with E-state index in [1.54, 1.807) is 0 Å². The standard InChI is InChI=1S/C24H27N3O2S/c1-18-9-11-19(12-10-18)25-23(28)17-30-22-15-27(21-8-4-3-7-20(21)22)16-24(29)26-13-5-2-6-14-26/h3-4,7-12,15H,2,5-6,13-14,16-17H2,1H3,(H,25,28). The molecule has 3 aromatic rings. The fraction of sp³-hybridized carbons (Fsp3) is 0.333. The fourth-order valence-electron chi connectivity index (χ4n) is 3.83. The number of piperidine rings is 1. The fourth-order valence-corrected chi connectivity index (χ4v) is 4.71. The normalized spacial score (nSPS) is 14.1. The Labute approximate surface area is 181 Å². The summed E-state index contributed by atoms with van der Waals surface area (Å²) in [4.78, 5) is 28.1. The van der Waals surface area contributed by atoms with Crippen LogP contribution in [0.3, 0.4) is 0 Å². The van der Waals surface area contributed by atoms with E-state index in [1.165, 1.54) is 18.2 Å². The molecule has 0 aliphatic carbocycles. The van der Waals surface area contributed by atoms with Crippen LogP contribution in [-0.4, -0.2) is 40.1 Å². The van der Waals surface area contributed by atoms with Gasteiger partial charge >= 0.3 is 0 Å². The van der Waals surface area contributed by atoms with Gasteiger partial charge in [-0.1, -0.05) is 35.9 Å². The number of carbonyl (C=O) groups is 2. The van der Waals surface area contributed by atoms with Crippen LogP contribution in [-0.2, 0) is 16.1 Å².